The number of hydrogen-bond acceptors (Lipinski definition) is 3. The third-order valence-corrected chi connectivity index (χ3v) is 3.09. The Morgan fingerprint density at radius 3 is 3.06 bits per heavy atom. The highest BCUT2D eigenvalue weighted by Gasteiger charge is 2.27. The van der Waals surface area contributed by atoms with Gasteiger partial charge in [0.1, 0.15) is 5.78 Å². The second-order valence-electron chi connectivity index (χ2n) is 4.28. The first kappa shape index (κ1) is 11.0. The van der Waals surface area contributed by atoms with Crippen LogP contribution in [0.1, 0.15) is 43.0 Å². The van der Waals surface area contributed by atoms with E-state index in [1.54, 1.807) is 17.1 Å². The predicted octanol–water partition coefficient (Wildman–Crippen LogP) is 1.84. The molecule has 0 bridgehead atoms. The van der Waals surface area contributed by atoms with E-state index in [0.717, 1.165) is 19.4 Å². The van der Waals surface area contributed by atoms with E-state index in [1.807, 2.05) is 6.92 Å². The van der Waals surface area contributed by atoms with E-state index < -0.39 is 0 Å². The Kier molecular flexibility index (Phi) is 3.17. The summed E-state index contributed by atoms with van der Waals surface area (Å²) >= 11 is 0. The van der Waals surface area contributed by atoms with Crippen LogP contribution >= 0.6 is 0 Å². The summed E-state index contributed by atoms with van der Waals surface area (Å²) in [7, 11) is 0. The molecule has 0 amide bonds. The van der Waals surface area contributed by atoms with Gasteiger partial charge < -0.3 is 0 Å². The van der Waals surface area contributed by atoms with Crippen molar-refractivity contribution in [3.8, 4) is 0 Å². The van der Waals surface area contributed by atoms with Crippen LogP contribution in [0.15, 0.2) is 12.4 Å². The summed E-state index contributed by atoms with van der Waals surface area (Å²) in [4.78, 5) is 23.4. The SMILES string of the molecule is CCn1cc(C(=O)C2CCCC(=O)C2)cn1. The number of aryl methyl sites for hydroxylation is 1. The predicted molar refractivity (Wildman–Crippen MR) is 59.2 cm³/mol. The lowest BCUT2D eigenvalue weighted by atomic mass is 9.84. The van der Waals surface area contributed by atoms with Crippen molar-refractivity contribution in [3.05, 3.63) is 18.0 Å². The van der Waals surface area contributed by atoms with Crippen LogP contribution in [0.5, 0.6) is 0 Å². The Bertz CT molecular complexity index is 409. The van der Waals surface area contributed by atoms with Gasteiger partial charge in [-0.15, -0.1) is 0 Å². The highest BCUT2D eigenvalue weighted by molar-refractivity contribution is 6.00. The summed E-state index contributed by atoms with van der Waals surface area (Å²) in [5.74, 6) is 0.177. The van der Waals surface area contributed by atoms with Gasteiger partial charge in [-0.2, -0.15) is 5.10 Å². The minimum Gasteiger partial charge on any atom is -0.300 e. The van der Waals surface area contributed by atoms with Crippen molar-refractivity contribution in [3.63, 3.8) is 0 Å². The van der Waals surface area contributed by atoms with Crippen molar-refractivity contribution in [1.82, 2.24) is 9.78 Å². The second kappa shape index (κ2) is 4.60. The smallest absolute Gasteiger partial charge is 0.169 e. The highest BCUT2D eigenvalue weighted by atomic mass is 16.1. The van der Waals surface area contributed by atoms with Crippen molar-refractivity contribution in [2.24, 2.45) is 5.92 Å². The number of aromatic nitrogens is 2. The summed E-state index contributed by atoms with van der Waals surface area (Å²) in [6.45, 7) is 2.74. The molecule has 1 fully saturated rings. The lowest BCUT2D eigenvalue weighted by molar-refractivity contribution is -0.121. The van der Waals surface area contributed by atoms with E-state index in [-0.39, 0.29) is 17.5 Å². The van der Waals surface area contributed by atoms with E-state index >= 15 is 0 Å². The van der Waals surface area contributed by atoms with E-state index in [0.29, 0.717) is 18.4 Å². The zero-order valence-corrected chi connectivity index (χ0v) is 9.48. The molecule has 4 heteroatoms. The van der Waals surface area contributed by atoms with Crippen molar-refractivity contribution in [2.45, 2.75) is 39.2 Å². The number of carbonyl (C=O) groups is 2. The van der Waals surface area contributed by atoms with Gasteiger partial charge in [0.25, 0.3) is 0 Å². The molecule has 0 saturated heterocycles. The molecule has 0 radical (unpaired) electrons. The molecule has 1 unspecified atom stereocenters. The first-order chi connectivity index (χ1) is 7.70. The highest BCUT2D eigenvalue weighted by Crippen LogP contribution is 2.24. The molecule has 1 aliphatic carbocycles. The maximum atomic E-state index is 12.1. The average molecular weight is 220 g/mol. The van der Waals surface area contributed by atoms with Gasteiger partial charge >= 0.3 is 0 Å². The molecule has 86 valence electrons. The maximum Gasteiger partial charge on any atom is 0.169 e. The quantitative estimate of drug-likeness (QED) is 0.730. The van der Waals surface area contributed by atoms with Crippen LogP contribution in [0.4, 0.5) is 0 Å². The Morgan fingerprint density at radius 1 is 1.62 bits per heavy atom. The van der Waals surface area contributed by atoms with E-state index in [4.69, 9.17) is 0 Å². The first-order valence-corrected chi connectivity index (χ1v) is 5.79. The molecule has 1 aromatic rings. The summed E-state index contributed by atoms with van der Waals surface area (Å²) in [5.41, 5.74) is 0.640. The van der Waals surface area contributed by atoms with Crippen LogP contribution in [-0.4, -0.2) is 21.3 Å². The molecule has 0 aliphatic heterocycles. The summed E-state index contributed by atoms with van der Waals surface area (Å²) in [6, 6.07) is 0. The van der Waals surface area contributed by atoms with Gasteiger partial charge in [-0.3, -0.25) is 14.3 Å². The first-order valence-electron chi connectivity index (χ1n) is 5.79. The fourth-order valence-corrected chi connectivity index (χ4v) is 2.15. The fourth-order valence-electron chi connectivity index (χ4n) is 2.15. The molecule has 4 nitrogen and oxygen atoms in total. The summed E-state index contributed by atoms with van der Waals surface area (Å²) in [5, 5.41) is 4.08. The van der Waals surface area contributed by atoms with Gasteiger partial charge in [-0.25, -0.2) is 0 Å². The second-order valence-corrected chi connectivity index (χ2v) is 4.28. The van der Waals surface area contributed by atoms with Crippen LogP contribution in [0.25, 0.3) is 0 Å². The van der Waals surface area contributed by atoms with Gasteiger partial charge in [0.15, 0.2) is 5.78 Å². The largest absolute Gasteiger partial charge is 0.300 e. The Morgan fingerprint density at radius 2 is 2.44 bits per heavy atom. The molecular weight excluding hydrogens is 204 g/mol. The van der Waals surface area contributed by atoms with Gasteiger partial charge in [-0.05, 0) is 19.8 Å². The van der Waals surface area contributed by atoms with Crippen molar-refractivity contribution in [2.75, 3.05) is 0 Å². The van der Waals surface area contributed by atoms with Crippen molar-refractivity contribution in [1.29, 1.82) is 0 Å². The van der Waals surface area contributed by atoms with Crippen molar-refractivity contribution >= 4 is 11.6 Å². The molecule has 0 spiro atoms. The average Bonchev–Trinajstić information content (AvgIpc) is 2.76. The molecule has 0 aromatic carbocycles. The lowest BCUT2D eigenvalue weighted by Gasteiger charge is -2.18. The molecular formula is C12H16N2O2. The summed E-state index contributed by atoms with van der Waals surface area (Å²) < 4.78 is 1.73. The van der Waals surface area contributed by atoms with Crippen LogP contribution in [0, 0.1) is 5.92 Å². The molecule has 16 heavy (non-hydrogen) atoms. The Hall–Kier alpha value is -1.45. The zero-order chi connectivity index (χ0) is 11.5. The standard InChI is InChI=1S/C12H16N2O2/c1-2-14-8-10(7-13-14)12(16)9-4-3-5-11(15)6-9/h7-9H,2-6H2,1H3. The molecule has 1 heterocycles. The van der Waals surface area contributed by atoms with Crippen LogP contribution in [0.2, 0.25) is 0 Å². The summed E-state index contributed by atoms with van der Waals surface area (Å²) in [6.07, 6.45) is 6.10. The molecule has 2 rings (SSSR count). The third kappa shape index (κ3) is 2.21. The molecule has 1 aliphatic rings. The number of Topliss-reactive ketones (excluding diaryl/α,β-unsaturated/α-hetero) is 2. The molecule has 1 atom stereocenters. The van der Waals surface area contributed by atoms with E-state index in [2.05, 4.69) is 5.10 Å². The Balaban J connectivity index is 2.09. The van der Waals surface area contributed by atoms with Crippen molar-refractivity contribution < 1.29 is 9.59 Å². The van der Waals surface area contributed by atoms with Crippen LogP contribution < -0.4 is 0 Å². The van der Waals surface area contributed by atoms with Gasteiger partial charge in [0.05, 0.1) is 11.8 Å². The fraction of sp³-hybridized carbons (Fsp3) is 0.583. The minimum absolute atomic E-state index is 0.0766. The van der Waals surface area contributed by atoms with Crippen LogP contribution in [-0.2, 0) is 11.3 Å². The number of ketones is 2. The number of rotatable bonds is 3. The zero-order valence-electron chi connectivity index (χ0n) is 9.48. The molecule has 1 saturated carbocycles. The third-order valence-electron chi connectivity index (χ3n) is 3.09. The van der Waals surface area contributed by atoms with E-state index in [1.165, 1.54) is 0 Å². The number of hydrogen-bond donors (Lipinski definition) is 0. The minimum atomic E-state index is -0.115. The van der Waals surface area contributed by atoms with Crippen LogP contribution in [0.3, 0.4) is 0 Å². The maximum absolute atomic E-state index is 12.1. The van der Waals surface area contributed by atoms with E-state index in [9.17, 15) is 9.59 Å². The number of carbonyl (C=O) groups excluding carboxylic acids is 2. The lowest BCUT2D eigenvalue weighted by Crippen LogP contribution is -2.22. The number of nitrogens with zero attached hydrogens (tertiary/aromatic N) is 2. The van der Waals surface area contributed by atoms with Gasteiger partial charge in [0, 0.05) is 31.5 Å². The topological polar surface area (TPSA) is 52.0 Å². The normalized spacial score (nSPS) is 21.1. The molecule has 1 aromatic heterocycles. The van der Waals surface area contributed by atoms with Gasteiger partial charge in [0.2, 0.25) is 0 Å². The monoisotopic (exact) mass is 220 g/mol. The Labute approximate surface area is 94.6 Å². The molecule has 0 N–H and O–H groups in total. The van der Waals surface area contributed by atoms with Gasteiger partial charge in [-0.1, -0.05) is 0 Å².